The van der Waals surface area contributed by atoms with Crippen LogP contribution in [-0.2, 0) is 11.3 Å². The lowest BCUT2D eigenvalue weighted by atomic mass is 10.1. The van der Waals surface area contributed by atoms with Crippen LogP contribution in [0.2, 0.25) is 5.02 Å². The lowest BCUT2D eigenvalue weighted by Crippen LogP contribution is -2.28. The number of rotatable bonds is 7. The highest BCUT2D eigenvalue weighted by molar-refractivity contribution is 6.33. The molecule has 1 saturated carbocycles. The summed E-state index contributed by atoms with van der Waals surface area (Å²) in [5, 5.41) is 5.37. The highest BCUT2D eigenvalue weighted by atomic mass is 35.5. The van der Waals surface area contributed by atoms with E-state index in [9.17, 15) is 0 Å². The minimum atomic E-state index is 0.357. The molecule has 2 fully saturated rings. The molecule has 1 unspecified atom stereocenters. The number of hydrogen-bond donors (Lipinski definition) is 1. The molecule has 0 bridgehead atoms. The summed E-state index contributed by atoms with van der Waals surface area (Å²) >= 11 is 6.17. The molecular formula is C20H28ClN5O. The number of halogens is 1. The van der Waals surface area contributed by atoms with Crippen LogP contribution in [0, 0.1) is 17.8 Å². The van der Waals surface area contributed by atoms with Crippen LogP contribution in [0.4, 0.5) is 5.82 Å². The van der Waals surface area contributed by atoms with Crippen LogP contribution in [0.1, 0.15) is 25.5 Å². The van der Waals surface area contributed by atoms with E-state index in [0.717, 1.165) is 55.9 Å². The fourth-order valence-electron chi connectivity index (χ4n) is 4.38. The third-order valence-corrected chi connectivity index (χ3v) is 6.04. The number of methoxy groups -OCH3 is 1. The van der Waals surface area contributed by atoms with Gasteiger partial charge in [-0.2, -0.15) is 5.10 Å². The fourth-order valence-corrected chi connectivity index (χ4v) is 4.54. The van der Waals surface area contributed by atoms with Gasteiger partial charge in [-0.3, -0.25) is 4.68 Å². The van der Waals surface area contributed by atoms with Crippen molar-refractivity contribution >= 4 is 17.4 Å². The molecule has 4 rings (SSSR count). The van der Waals surface area contributed by atoms with Crippen LogP contribution in [0.5, 0.6) is 0 Å². The van der Waals surface area contributed by atoms with Crippen molar-refractivity contribution < 1.29 is 4.74 Å². The molecule has 2 aliphatic rings. The summed E-state index contributed by atoms with van der Waals surface area (Å²) in [7, 11) is 1.77. The number of pyridine rings is 1. The van der Waals surface area contributed by atoms with Gasteiger partial charge in [-0.15, -0.1) is 0 Å². The maximum Gasteiger partial charge on any atom is 0.142 e. The van der Waals surface area contributed by atoms with Gasteiger partial charge in [0.05, 0.1) is 17.3 Å². The van der Waals surface area contributed by atoms with Gasteiger partial charge in [0.15, 0.2) is 0 Å². The van der Waals surface area contributed by atoms with Crippen LogP contribution >= 0.6 is 11.6 Å². The number of fused-ring (bicyclic) bond motifs is 1. The first-order chi connectivity index (χ1) is 13.0. The predicted octanol–water partition coefficient (Wildman–Crippen LogP) is 3.13. The van der Waals surface area contributed by atoms with E-state index in [4.69, 9.17) is 27.2 Å². The van der Waals surface area contributed by atoms with Gasteiger partial charge in [-0.1, -0.05) is 25.4 Å². The van der Waals surface area contributed by atoms with E-state index in [2.05, 4.69) is 34.5 Å². The van der Waals surface area contributed by atoms with Crippen LogP contribution in [0.25, 0.3) is 11.3 Å². The molecule has 1 saturated heterocycles. The molecular weight excluding hydrogens is 362 g/mol. The van der Waals surface area contributed by atoms with Gasteiger partial charge in [0, 0.05) is 56.7 Å². The molecule has 2 aromatic heterocycles. The Hall–Kier alpha value is -1.63. The van der Waals surface area contributed by atoms with E-state index < -0.39 is 0 Å². The minimum Gasteiger partial charge on any atom is -0.383 e. The summed E-state index contributed by atoms with van der Waals surface area (Å²) in [5.41, 5.74) is 8.96. The van der Waals surface area contributed by atoms with Gasteiger partial charge in [-0.25, -0.2) is 4.98 Å². The van der Waals surface area contributed by atoms with Crippen molar-refractivity contribution in [2.24, 2.45) is 17.8 Å². The smallest absolute Gasteiger partial charge is 0.142 e. The third kappa shape index (κ3) is 3.71. The first kappa shape index (κ1) is 18.7. The number of nitrogens with zero attached hydrogens (tertiary/aromatic N) is 4. The summed E-state index contributed by atoms with van der Waals surface area (Å²) in [5.74, 6) is 2.99. The summed E-state index contributed by atoms with van der Waals surface area (Å²) in [6.07, 6.45) is 1.76. The summed E-state index contributed by atoms with van der Waals surface area (Å²) in [6.45, 7) is 9.55. The normalized spacial score (nSPS) is 24.6. The molecule has 3 atom stereocenters. The second kappa shape index (κ2) is 7.41. The second-order valence-electron chi connectivity index (χ2n) is 8.23. The first-order valence-corrected chi connectivity index (χ1v) is 10.1. The standard InChI is InChI=1S/C20H28ClN5O/c1-12(2)9-26-18(19-14-10-25(4-5-27-3)11-15(14)19)7-17(24-26)13-6-16(21)20(22)23-8-13/h6-8,12,14-15,19H,4-5,9-11H2,1-3H3,(H2,22,23)/t14-,15+,19?. The Balaban J connectivity index is 1.56. The van der Waals surface area contributed by atoms with E-state index in [1.54, 1.807) is 13.3 Å². The van der Waals surface area contributed by atoms with Crippen LogP contribution in [-0.4, -0.2) is 53.0 Å². The molecule has 27 heavy (non-hydrogen) atoms. The SMILES string of the molecule is COCCN1C[C@@H]2C(c3cc(-c4cnc(N)c(Cl)c4)nn3CC(C)C)[C@@H]2C1. The molecule has 0 radical (unpaired) electrons. The quantitative estimate of drug-likeness (QED) is 0.787. The molecule has 7 heteroatoms. The van der Waals surface area contributed by atoms with Crippen molar-refractivity contribution in [1.29, 1.82) is 0 Å². The molecule has 2 aromatic rings. The van der Waals surface area contributed by atoms with Gasteiger partial charge >= 0.3 is 0 Å². The molecule has 0 aromatic carbocycles. The Kier molecular flexibility index (Phi) is 5.14. The zero-order chi connectivity index (χ0) is 19.1. The van der Waals surface area contributed by atoms with Gasteiger partial charge < -0.3 is 15.4 Å². The largest absolute Gasteiger partial charge is 0.383 e. The maximum absolute atomic E-state index is 6.17. The second-order valence-corrected chi connectivity index (χ2v) is 8.63. The number of aromatic nitrogens is 3. The zero-order valence-electron chi connectivity index (χ0n) is 16.2. The Morgan fingerprint density at radius 1 is 1.30 bits per heavy atom. The van der Waals surface area contributed by atoms with E-state index in [-0.39, 0.29) is 0 Å². The summed E-state index contributed by atoms with van der Waals surface area (Å²) < 4.78 is 7.42. The number of ether oxygens (including phenoxy) is 1. The van der Waals surface area contributed by atoms with Crippen molar-refractivity contribution in [2.75, 3.05) is 39.1 Å². The summed E-state index contributed by atoms with van der Waals surface area (Å²) in [4.78, 5) is 6.71. The molecule has 146 valence electrons. The molecule has 6 nitrogen and oxygen atoms in total. The lowest BCUT2D eigenvalue weighted by Gasteiger charge is -2.19. The fraction of sp³-hybridized carbons (Fsp3) is 0.600. The van der Waals surface area contributed by atoms with Crippen molar-refractivity contribution in [3.8, 4) is 11.3 Å². The number of nitrogen functional groups attached to an aromatic ring is 1. The van der Waals surface area contributed by atoms with Gasteiger partial charge in [0.25, 0.3) is 0 Å². The first-order valence-electron chi connectivity index (χ1n) is 9.68. The molecule has 0 amide bonds. The van der Waals surface area contributed by atoms with Crippen LogP contribution in [0.3, 0.4) is 0 Å². The molecule has 1 aliphatic carbocycles. The molecule has 3 heterocycles. The van der Waals surface area contributed by atoms with Crippen LogP contribution < -0.4 is 5.73 Å². The van der Waals surface area contributed by atoms with E-state index in [1.165, 1.54) is 5.69 Å². The Morgan fingerprint density at radius 2 is 2.04 bits per heavy atom. The number of hydrogen-bond acceptors (Lipinski definition) is 5. The average Bonchev–Trinajstić information content (AvgIpc) is 2.97. The van der Waals surface area contributed by atoms with Gasteiger partial charge in [0.2, 0.25) is 0 Å². The monoisotopic (exact) mass is 389 g/mol. The Bertz CT molecular complexity index is 809. The van der Waals surface area contributed by atoms with Crippen LogP contribution in [0.15, 0.2) is 18.3 Å². The molecule has 0 spiro atoms. The molecule has 2 N–H and O–H groups in total. The maximum atomic E-state index is 6.17. The zero-order valence-corrected chi connectivity index (χ0v) is 17.0. The highest BCUT2D eigenvalue weighted by Crippen LogP contribution is 2.58. The number of likely N-dealkylation sites (tertiary alicyclic amines) is 1. The average molecular weight is 390 g/mol. The van der Waals surface area contributed by atoms with Crippen molar-refractivity contribution in [2.45, 2.75) is 26.3 Å². The van der Waals surface area contributed by atoms with E-state index >= 15 is 0 Å². The Labute approximate surface area is 165 Å². The topological polar surface area (TPSA) is 69.2 Å². The lowest BCUT2D eigenvalue weighted by molar-refractivity contribution is 0.153. The number of nitrogens with two attached hydrogens (primary N) is 1. The summed E-state index contributed by atoms with van der Waals surface area (Å²) in [6, 6.07) is 4.09. The Morgan fingerprint density at radius 3 is 2.67 bits per heavy atom. The van der Waals surface area contributed by atoms with Crippen molar-refractivity contribution in [1.82, 2.24) is 19.7 Å². The van der Waals surface area contributed by atoms with Crippen molar-refractivity contribution in [3.63, 3.8) is 0 Å². The van der Waals surface area contributed by atoms with Crippen molar-refractivity contribution in [3.05, 3.63) is 29.0 Å². The minimum absolute atomic E-state index is 0.357. The van der Waals surface area contributed by atoms with Gasteiger partial charge in [0.1, 0.15) is 5.82 Å². The highest BCUT2D eigenvalue weighted by Gasteiger charge is 2.57. The molecule has 1 aliphatic heterocycles. The third-order valence-electron chi connectivity index (χ3n) is 5.74. The van der Waals surface area contributed by atoms with E-state index in [0.29, 0.717) is 22.7 Å². The van der Waals surface area contributed by atoms with E-state index in [1.807, 2.05) is 6.07 Å². The predicted molar refractivity (Wildman–Crippen MR) is 108 cm³/mol. The number of anilines is 1. The van der Waals surface area contributed by atoms with Gasteiger partial charge in [-0.05, 0) is 29.9 Å². The number of piperidine rings is 1.